The Kier molecular flexibility index (Phi) is 3.05. The Morgan fingerprint density at radius 3 is 2.86 bits per heavy atom. The Labute approximate surface area is 90.0 Å². The zero-order valence-corrected chi connectivity index (χ0v) is 9.36. The van der Waals surface area contributed by atoms with E-state index in [2.05, 4.69) is 27.4 Å². The van der Waals surface area contributed by atoms with Crippen LogP contribution in [0.15, 0.2) is 11.6 Å². The van der Waals surface area contributed by atoms with Crippen LogP contribution in [0.2, 0.25) is 0 Å². The molecule has 0 saturated carbocycles. The van der Waals surface area contributed by atoms with E-state index in [1.54, 1.807) is 28.9 Å². The number of hydrogen-bond donors (Lipinski definition) is 1. The Morgan fingerprint density at radius 1 is 1.36 bits per heavy atom. The van der Waals surface area contributed by atoms with E-state index in [4.69, 9.17) is 0 Å². The van der Waals surface area contributed by atoms with E-state index < -0.39 is 0 Å². The van der Waals surface area contributed by atoms with Gasteiger partial charge in [0.05, 0.1) is 6.54 Å². The fourth-order valence-electron chi connectivity index (χ4n) is 0.965. The number of rotatable bonds is 4. The molecule has 0 aliphatic heterocycles. The van der Waals surface area contributed by atoms with Gasteiger partial charge < -0.3 is 5.32 Å². The highest BCUT2D eigenvalue weighted by Crippen LogP contribution is 2.14. The monoisotopic (exact) mass is 226 g/mol. The molecular weight excluding hydrogens is 216 g/mol. The van der Waals surface area contributed by atoms with Crippen LogP contribution >= 0.6 is 22.7 Å². The summed E-state index contributed by atoms with van der Waals surface area (Å²) in [6.07, 6.45) is 2.74. The number of aromatic nitrogens is 3. The number of thiazole rings is 1. The van der Waals surface area contributed by atoms with Gasteiger partial charge in [0.1, 0.15) is 10.0 Å². The third-order valence-electron chi connectivity index (χ3n) is 1.63. The normalized spacial score (nSPS) is 10.4. The van der Waals surface area contributed by atoms with Gasteiger partial charge in [0.25, 0.3) is 0 Å². The largest absolute Gasteiger partial charge is 0.355 e. The summed E-state index contributed by atoms with van der Waals surface area (Å²) in [7, 11) is 0. The predicted molar refractivity (Wildman–Crippen MR) is 58.7 cm³/mol. The number of anilines is 1. The van der Waals surface area contributed by atoms with Gasteiger partial charge in [-0.2, -0.15) is 0 Å². The molecule has 4 nitrogen and oxygen atoms in total. The second-order valence-electron chi connectivity index (χ2n) is 2.63. The maximum Gasteiger partial charge on any atom is 0.182 e. The first-order chi connectivity index (χ1) is 6.88. The minimum Gasteiger partial charge on any atom is -0.355 e. The van der Waals surface area contributed by atoms with Crippen LogP contribution in [0.1, 0.15) is 16.9 Å². The molecule has 2 heterocycles. The lowest BCUT2D eigenvalue weighted by Crippen LogP contribution is -1.97. The van der Waals surface area contributed by atoms with Crippen molar-refractivity contribution in [1.82, 2.24) is 15.2 Å². The van der Waals surface area contributed by atoms with Crippen LogP contribution in [0, 0.1) is 0 Å². The molecule has 2 rings (SSSR count). The van der Waals surface area contributed by atoms with Crippen molar-refractivity contribution in [3.05, 3.63) is 21.6 Å². The molecule has 2 aromatic heterocycles. The lowest BCUT2D eigenvalue weighted by atomic mass is 10.5. The fourth-order valence-corrected chi connectivity index (χ4v) is 2.22. The molecule has 0 radical (unpaired) electrons. The molecule has 74 valence electrons. The van der Waals surface area contributed by atoms with Crippen LogP contribution in [0.25, 0.3) is 0 Å². The molecule has 0 saturated heterocycles. The van der Waals surface area contributed by atoms with E-state index in [-0.39, 0.29) is 0 Å². The van der Waals surface area contributed by atoms with Crippen molar-refractivity contribution in [2.75, 3.05) is 5.32 Å². The molecule has 6 heteroatoms. The van der Waals surface area contributed by atoms with Crippen molar-refractivity contribution in [2.45, 2.75) is 19.9 Å². The maximum atomic E-state index is 4.12. The van der Waals surface area contributed by atoms with Crippen molar-refractivity contribution in [2.24, 2.45) is 0 Å². The number of nitrogens with one attached hydrogen (secondary N) is 1. The molecule has 0 spiro atoms. The summed E-state index contributed by atoms with van der Waals surface area (Å²) in [6, 6.07) is 0. The summed E-state index contributed by atoms with van der Waals surface area (Å²) in [5, 5.41) is 16.3. The Balaban J connectivity index is 1.92. The smallest absolute Gasteiger partial charge is 0.182 e. The molecule has 14 heavy (non-hydrogen) atoms. The molecular formula is C8H10N4S2. The number of nitrogens with zero attached hydrogens (tertiary/aromatic N) is 3. The lowest BCUT2D eigenvalue weighted by molar-refractivity contribution is 0.939. The fraction of sp³-hybridized carbons (Fsp3) is 0.375. The Bertz CT molecular complexity index is 382. The lowest BCUT2D eigenvalue weighted by Gasteiger charge is -1.96. The first-order valence-electron chi connectivity index (χ1n) is 4.33. The molecule has 0 unspecified atom stereocenters. The van der Waals surface area contributed by atoms with Crippen LogP contribution in [0.3, 0.4) is 0 Å². The van der Waals surface area contributed by atoms with E-state index >= 15 is 0 Å². The molecule has 0 bridgehead atoms. The molecule has 0 fully saturated rings. The summed E-state index contributed by atoms with van der Waals surface area (Å²) in [6.45, 7) is 2.80. The van der Waals surface area contributed by atoms with E-state index in [0.29, 0.717) is 6.54 Å². The van der Waals surface area contributed by atoms with Gasteiger partial charge in [-0.1, -0.05) is 18.3 Å². The highest BCUT2D eigenvalue weighted by molar-refractivity contribution is 7.13. The molecule has 0 aliphatic carbocycles. The number of hydrogen-bond acceptors (Lipinski definition) is 6. The Morgan fingerprint density at radius 2 is 2.21 bits per heavy atom. The van der Waals surface area contributed by atoms with Crippen LogP contribution in [-0.2, 0) is 13.0 Å². The summed E-state index contributed by atoms with van der Waals surface area (Å²) >= 11 is 3.24. The average Bonchev–Trinajstić information content (AvgIpc) is 2.86. The first kappa shape index (κ1) is 9.54. The van der Waals surface area contributed by atoms with Gasteiger partial charge in [-0.15, -0.1) is 21.5 Å². The summed E-state index contributed by atoms with van der Waals surface area (Å²) in [5.74, 6) is 0. The zero-order valence-electron chi connectivity index (χ0n) is 7.73. The number of aryl methyl sites for hydroxylation is 1. The Hall–Kier alpha value is -1.01. The van der Waals surface area contributed by atoms with Gasteiger partial charge in [0.2, 0.25) is 0 Å². The zero-order chi connectivity index (χ0) is 9.80. The van der Waals surface area contributed by atoms with Crippen LogP contribution in [-0.4, -0.2) is 15.2 Å². The highest BCUT2D eigenvalue weighted by Gasteiger charge is 2.02. The van der Waals surface area contributed by atoms with Gasteiger partial charge in [-0.05, 0) is 6.42 Å². The van der Waals surface area contributed by atoms with Crippen LogP contribution in [0.4, 0.5) is 5.13 Å². The highest BCUT2D eigenvalue weighted by atomic mass is 32.1. The molecule has 0 amide bonds. The van der Waals surface area contributed by atoms with Crippen molar-refractivity contribution in [3.8, 4) is 0 Å². The quantitative estimate of drug-likeness (QED) is 0.868. The molecule has 0 aromatic carbocycles. The van der Waals surface area contributed by atoms with Crippen molar-refractivity contribution in [3.63, 3.8) is 0 Å². The van der Waals surface area contributed by atoms with Gasteiger partial charge in [-0.25, -0.2) is 4.98 Å². The summed E-state index contributed by atoms with van der Waals surface area (Å²) in [5.41, 5.74) is 0. The van der Waals surface area contributed by atoms with Gasteiger partial charge in [-0.3, -0.25) is 0 Å². The van der Waals surface area contributed by atoms with E-state index in [1.165, 1.54) is 0 Å². The van der Waals surface area contributed by atoms with E-state index in [1.807, 2.05) is 5.38 Å². The summed E-state index contributed by atoms with van der Waals surface area (Å²) in [4.78, 5) is 4.12. The second-order valence-corrected chi connectivity index (χ2v) is 4.68. The molecule has 0 aliphatic rings. The van der Waals surface area contributed by atoms with Crippen LogP contribution < -0.4 is 5.32 Å². The second kappa shape index (κ2) is 4.47. The van der Waals surface area contributed by atoms with Gasteiger partial charge in [0.15, 0.2) is 5.13 Å². The molecule has 0 atom stereocenters. The predicted octanol–water partition coefficient (Wildman–Crippen LogP) is 2.17. The SMILES string of the molecule is CCc1nnc(CNc2nccs2)s1. The van der Waals surface area contributed by atoms with E-state index in [9.17, 15) is 0 Å². The van der Waals surface area contributed by atoms with Gasteiger partial charge >= 0.3 is 0 Å². The first-order valence-corrected chi connectivity index (χ1v) is 6.02. The summed E-state index contributed by atoms with van der Waals surface area (Å²) < 4.78 is 0. The third kappa shape index (κ3) is 2.27. The topological polar surface area (TPSA) is 50.7 Å². The van der Waals surface area contributed by atoms with Crippen molar-refractivity contribution >= 4 is 27.8 Å². The molecule has 2 aromatic rings. The minimum atomic E-state index is 0.713. The van der Waals surface area contributed by atoms with Crippen LogP contribution in [0.5, 0.6) is 0 Å². The standard InChI is InChI=1S/C8H10N4S2/c1-2-6-11-12-7(14-6)5-10-8-9-3-4-13-8/h3-4H,2,5H2,1H3,(H,9,10). The maximum absolute atomic E-state index is 4.12. The van der Waals surface area contributed by atoms with Crippen molar-refractivity contribution < 1.29 is 0 Å². The average molecular weight is 226 g/mol. The van der Waals surface area contributed by atoms with Crippen molar-refractivity contribution in [1.29, 1.82) is 0 Å². The van der Waals surface area contributed by atoms with E-state index in [0.717, 1.165) is 21.6 Å². The third-order valence-corrected chi connectivity index (χ3v) is 3.43. The molecule has 1 N–H and O–H groups in total. The minimum absolute atomic E-state index is 0.713. The van der Waals surface area contributed by atoms with Gasteiger partial charge in [0, 0.05) is 11.6 Å².